The molecule has 4 aromatic rings. The largest absolute Gasteiger partial charge is 0.397 e. The summed E-state index contributed by atoms with van der Waals surface area (Å²) >= 11 is 0. The highest BCUT2D eigenvalue weighted by Gasteiger charge is 2.17. The van der Waals surface area contributed by atoms with E-state index in [1.807, 2.05) is 36.4 Å². The second-order valence-electron chi connectivity index (χ2n) is 6.21. The molecule has 1 aromatic heterocycles. The van der Waals surface area contributed by atoms with Crippen LogP contribution in [0.5, 0.6) is 0 Å². The fraction of sp³-hybridized carbons (Fsp3) is 0.111. The van der Waals surface area contributed by atoms with Gasteiger partial charge in [-0.2, -0.15) is 13.2 Å². The minimum atomic E-state index is -4.68. The molecule has 3 aromatic carbocycles. The van der Waals surface area contributed by atoms with Crippen molar-refractivity contribution < 1.29 is 25.6 Å². The van der Waals surface area contributed by atoms with Gasteiger partial charge in [0.2, 0.25) is 0 Å². The molecule has 0 atom stereocenters. The number of hydrogen-bond donors (Lipinski definition) is 1. The zero-order valence-electron chi connectivity index (χ0n) is 14.8. The van der Waals surface area contributed by atoms with Crippen LogP contribution in [0.4, 0.5) is 0 Å². The Morgan fingerprint density at radius 2 is 1.62 bits per heavy atom. The Bertz CT molecular complexity index is 1410. The van der Waals surface area contributed by atoms with Crippen LogP contribution in [0, 0.1) is 0 Å². The van der Waals surface area contributed by atoms with E-state index in [2.05, 4.69) is 14.4 Å². The maximum absolute atomic E-state index is 12.3. The lowest BCUT2D eigenvalue weighted by atomic mass is 10.1. The first-order valence-electron chi connectivity index (χ1n) is 8.43. The molecule has 9 nitrogen and oxygen atoms in total. The van der Waals surface area contributed by atoms with E-state index in [9.17, 15) is 16.8 Å². The molecular formula is C18H15N3O6S2. The summed E-state index contributed by atoms with van der Waals surface area (Å²) in [6.45, 7) is -0.678. The lowest BCUT2D eigenvalue weighted by molar-refractivity contribution is 0.284. The molecule has 1 N–H and O–H groups in total. The van der Waals surface area contributed by atoms with Crippen molar-refractivity contribution in [2.45, 2.75) is 4.90 Å². The van der Waals surface area contributed by atoms with Gasteiger partial charge in [-0.05, 0) is 35.7 Å². The summed E-state index contributed by atoms with van der Waals surface area (Å²) in [6, 6.07) is 17.5. The quantitative estimate of drug-likeness (QED) is 0.458. The number of benzene rings is 3. The standard InChI is InChI=1S/C18H15N3O6S2/c22-28(23,12-11-27-29(24,25)26)15-8-6-14(7-9-15)21-19-17-10-5-13-3-1-2-4-16(13)18(17)20-21/h1-10H,11-12H2,(H,24,25,26). The molecule has 0 unspecified atom stereocenters. The highest BCUT2D eigenvalue weighted by molar-refractivity contribution is 7.91. The van der Waals surface area contributed by atoms with Crippen LogP contribution in [0.15, 0.2) is 65.6 Å². The van der Waals surface area contributed by atoms with E-state index in [0.29, 0.717) is 11.2 Å². The van der Waals surface area contributed by atoms with E-state index in [-0.39, 0.29) is 4.90 Å². The van der Waals surface area contributed by atoms with Crippen molar-refractivity contribution >= 4 is 42.0 Å². The van der Waals surface area contributed by atoms with Crippen molar-refractivity contribution in [1.82, 2.24) is 15.0 Å². The zero-order chi connectivity index (χ0) is 20.6. The van der Waals surface area contributed by atoms with Crippen LogP contribution in [0.2, 0.25) is 0 Å². The molecular weight excluding hydrogens is 418 g/mol. The van der Waals surface area contributed by atoms with Crippen molar-refractivity contribution in [3.05, 3.63) is 60.7 Å². The molecule has 0 aliphatic carbocycles. The summed E-state index contributed by atoms with van der Waals surface area (Å²) in [7, 11) is -8.47. The first kappa shape index (κ1) is 19.5. The van der Waals surface area contributed by atoms with E-state index in [4.69, 9.17) is 4.55 Å². The smallest absolute Gasteiger partial charge is 0.264 e. The Morgan fingerprint density at radius 1 is 0.897 bits per heavy atom. The van der Waals surface area contributed by atoms with Crippen molar-refractivity contribution in [2.75, 3.05) is 12.4 Å². The highest BCUT2D eigenvalue weighted by Crippen LogP contribution is 2.23. The highest BCUT2D eigenvalue weighted by atomic mass is 32.3. The van der Waals surface area contributed by atoms with E-state index in [1.165, 1.54) is 16.9 Å². The molecule has 4 rings (SSSR count). The van der Waals surface area contributed by atoms with Crippen LogP contribution in [0.1, 0.15) is 0 Å². The van der Waals surface area contributed by atoms with Crippen LogP contribution >= 0.6 is 0 Å². The Balaban J connectivity index is 1.61. The Morgan fingerprint density at radius 3 is 2.34 bits per heavy atom. The number of fused-ring (bicyclic) bond motifs is 3. The zero-order valence-corrected chi connectivity index (χ0v) is 16.5. The second-order valence-corrected chi connectivity index (χ2v) is 9.41. The Kier molecular flexibility index (Phi) is 4.82. The van der Waals surface area contributed by atoms with Gasteiger partial charge in [-0.25, -0.2) is 12.6 Å². The molecule has 0 saturated carbocycles. The average Bonchev–Trinajstić information content (AvgIpc) is 3.12. The summed E-state index contributed by atoms with van der Waals surface area (Å²) in [6.07, 6.45) is 0. The van der Waals surface area contributed by atoms with Crippen LogP contribution in [0.25, 0.3) is 27.5 Å². The molecule has 0 radical (unpaired) electrons. The molecule has 0 aliphatic heterocycles. The van der Waals surface area contributed by atoms with Gasteiger partial charge in [0.25, 0.3) is 0 Å². The molecule has 0 fully saturated rings. The molecule has 11 heteroatoms. The van der Waals surface area contributed by atoms with Gasteiger partial charge in [-0.15, -0.1) is 10.2 Å². The van der Waals surface area contributed by atoms with Crippen molar-refractivity contribution in [3.8, 4) is 5.69 Å². The van der Waals surface area contributed by atoms with Gasteiger partial charge in [0.05, 0.1) is 22.9 Å². The molecule has 150 valence electrons. The monoisotopic (exact) mass is 433 g/mol. The van der Waals surface area contributed by atoms with Gasteiger partial charge < -0.3 is 0 Å². The van der Waals surface area contributed by atoms with Gasteiger partial charge in [-0.1, -0.05) is 30.3 Å². The van der Waals surface area contributed by atoms with E-state index < -0.39 is 32.6 Å². The first-order valence-corrected chi connectivity index (χ1v) is 11.4. The summed E-state index contributed by atoms with van der Waals surface area (Å²) in [4.78, 5) is 1.41. The second kappa shape index (κ2) is 7.19. The molecule has 0 spiro atoms. The number of rotatable bonds is 6. The van der Waals surface area contributed by atoms with Gasteiger partial charge in [0.1, 0.15) is 11.0 Å². The van der Waals surface area contributed by atoms with E-state index in [1.54, 1.807) is 12.1 Å². The van der Waals surface area contributed by atoms with Gasteiger partial charge >= 0.3 is 10.4 Å². The molecule has 1 heterocycles. The summed E-state index contributed by atoms with van der Waals surface area (Å²) in [5, 5.41) is 11.0. The van der Waals surface area contributed by atoms with Crippen LogP contribution in [0.3, 0.4) is 0 Å². The van der Waals surface area contributed by atoms with Crippen LogP contribution in [-0.2, 0) is 24.4 Å². The predicted octanol–water partition coefficient (Wildman–Crippen LogP) is 2.17. The normalized spacial score (nSPS) is 12.6. The molecule has 0 amide bonds. The average molecular weight is 433 g/mol. The van der Waals surface area contributed by atoms with Gasteiger partial charge in [0, 0.05) is 5.39 Å². The summed E-state index contributed by atoms with van der Waals surface area (Å²) < 4.78 is 58.2. The molecule has 0 saturated heterocycles. The maximum Gasteiger partial charge on any atom is 0.397 e. The fourth-order valence-corrected chi connectivity index (χ4v) is 4.41. The van der Waals surface area contributed by atoms with E-state index >= 15 is 0 Å². The number of nitrogens with zero attached hydrogens (tertiary/aromatic N) is 3. The van der Waals surface area contributed by atoms with Crippen LogP contribution < -0.4 is 0 Å². The SMILES string of the molecule is O=S(=O)(O)OCCS(=O)(=O)c1ccc(-n2nc3ccc4ccccc4c3n2)cc1. The van der Waals surface area contributed by atoms with Crippen molar-refractivity contribution in [1.29, 1.82) is 0 Å². The van der Waals surface area contributed by atoms with Gasteiger partial charge in [-0.3, -0.25) is 4.55 Å². The van der Waals surface area contributed by atoms with Crippen molar-refractivity contribution in [2.24, 2.45) is 0 Å². The number of sulfone groups is 1. The maximum atomic E-state index is 12.3. The molecule has 0 bridgehead atoms. The number of hydrogen-bond acceptors (Lipinski definition) is 7. The summed E-state index contributed by atoms with van der Waals surface area (Å²) in [5.41, 5.74) is 2.02. The topological polar surface area (TPSA) is 128 Å². The lowest BCUT2D eigenvalue weighted by Crippen LogP contribution is -2.15. The fourth-order valence-electron chi connectivity index (χ4n) is 2.92. The first-order chi connectivity index (χ1) is 13.7. The molecule has 0 aliphatic rings. The van der Waals surface area contributed by atoms with E-state index in [0.717, 1.165) is 16.3 Å². The van der Waals surface area contributed by atoms with Crippen molar-refractivity contribution in [3.63, 3.8) is 0 Å². The molecule has 29 heavy (non-hydrogen) atoms. The third kappa shape index (κ3) is 4.12. The summed E-state index contributed by atoms with van der Waals surface area (Å²) in [5.74, 6) is -0.595. The third-order valence-corrected chi connectivity index (χ3v) is 6.45. The Hall–Kier alpha value is -2.86. The minimum absolute atomic E-state index is 0.0117. The lowest BCUT2D eigenvalue weighted by Gasteiger charge is -2.05. The number of aromatic nitrogens is 3. The third-order valence-electron chi connectivity index (χ3n) is 4.29. The minimum Gasteiger partial charge on any atom is -0.264 e. The van der Waals surface area contributed by atoms with Gasteiger partial charge in [0.15, 0.2) is 9.84 Å². The predicted molar refractivity (Wildman–Crippen MR) is 106 cm³/mol. The Labute approximate surface area is 166 Å². The van der Waals surface area contributed by atoms with Crippen LogP contribution in [-0.4, -0.2) is 48.7 Å².